The van der Waals surface area contributed by atoms with Crippen molar-refractivity contribution in [1.82, 2.24) is 4.90 Å². The maximum absolute atomic E-state index is 6.18. The zero-order valence-electron chi connectivity index (χ0n) is 13.8. The molecule has 2 aromatic carbocycles. The summed E-state index contributed by atoms with van der Waals surface area (Å²) in [5.74, 6) is 1.56. The van der Waals surface area contributed by atoms with Crippen molar-refractivity contribution in [1.29, 1.82) is 0 Å². The summed E-state index contributed by atoms with van der Waals surface area (Å²) < 4.78 is 6.06. The molecule has 2 unspecified atom stereocenters. The Morgan fingerprint density at radius 3 is 2.64 bits per heavy atom. The summed E-state index contributed by atoms with van der Waals surface area (Å²) in [4.78, 5) is 2.45. The fourth-order valence-electron chi connectivity index (χ4n) is 3.29. The van der Waals surface area contributed by atoms with Crippen LogP contribution in [0.15, 0.2) is 36.4 Å². The van der Waals surface area contributed by atoms with Crippen LogP contribution in [0, 0.1) is 5.92 Å². The minimum atomic E-state index is 0.180. The standard InChI is InChI=1S/C19H26N2O/c1-13(2)22-19-9-8-15-6-4-5-7-16(15)17(19)11-21-10-14(3)18(20)12-21/h4-9,13-14,18H,10-12,20H2,1-3H3. The third kappa shape index (κ3) is 3.11. The highest BCUT2D eigenvalue weighted by molar-refractivity contribution is 5.87. The summed E-state index contributed by atoms with van der Waals surface area (Å²) in [6.45, 7) is 9.32. The predicted octanol–water partition coefficient (Wildman–Crippen LogP) is 3.41. The number of fused-ring (bicyclic) bond motifs is 1. The maximum Gasteiger partial charge on any atom is 0.124 e. The van der Waals surface area contributed by atoms with Gasteiger partial charge in [-0.15, -0.1) is 0 Å². The van der Waals surface area contributed by atoms with Crippen molar-refractivity contribution in [2.75, 3.05) is 13.1 Å². The summed E-state index contributed by atoms with van der Waals surface area (Å²) in [6, 6.07) is 13.1. The molecule has 2 atom stereocenters. The number of benzene rings is 2. The number of nitrogens with zero attached hydrogens (tertiary/aromatic N) is 1. The van der Waals surface area contributed by atoms with Gasteiger partial charge in [0.1, 0.15) is 5.75 Å². The Morgan fingerprint density at radius 2 is 1.95 bits per heavy atom. The second-order valence-electron chi connectivity index (χ2n) is 6.77. The van der Waals surface area contributed by atoms with E-state index in [0.717, 1.165) is 25.4 Å². The second kappa shape index (κ2) is 6.27. The van der Waals surface area contributed by atoms with E-state index in [-0.39, 0.29) is 12.1 Å². The van der Waals surface area contributed by atoms with E-state index in [1.807, 2.05) is 0 Å². The molecule has 2 N–H and O–H groups in total. The predicted molar refractivity (Wildman–Crippen MR) is 92.1 cm³/mol. The van der Waals surface area contributed by atoms with Gasteiger partial charge in [-0.2, -0.15) is 0 Å². The van der Waals surface area contributed by atoms with Crippen LogP contribution >= 0.6 is 0 Å². The molecule has 0 bridgehead atoms. The Labute approximate surface area is 133 Å². The van der Waals surface area contributed by atoms with E-state index in [9.17, 15) is 0 Å². The summed E-state index contributed by atoms with van der Waals surface area (Å²) in [7, 11) is 0. The first-order chi connectivity index (χ1) is 10.5. The molecule has 22 heavy (non-hydrogen) atoms. The largest absolute Gasteiger partial charge is 0.491 e. The van der Waals surface area contributed by atoms with E-state index in [4.69, 9.17) is 10.5 Å². The van der Waals surface area contributed by atoms with Crippen molar-refractivity contribution in [3.63, 3.8) is 0 Å². The van der Waals surface area contributed by atoms with Crippen LogP contribution in [0.5, 0.6) is 5.75 Å². The molecule has 1 heterocycles. The summed E-state index contributed by atoms with van der Waals surface area (Å²) in [5, 5.41) is 2.55. The van der Waals surface area contributed by atoms with E-state index >= 15 is 0 Å². The highest BCUT2D eigenvalue weighted by atomic mass is 16.5. The minimum Gasteiger partial charge on any atom is -0.491 e. The molecule has 0 radical (unpaired) electrons. The van der Waals surface area contributed by atoms with Crippen LogP contribution in [-0.4, -0.2) is 30.1 Å². The molecular formula is C19H26N2O. The first-order valence-corrected chi connectivity index (χ1v) is 8.20. The van der Waals surface area contributed by atoms with Gasteiger partial charge in [0.15, 0.2) is 0 Å². The Kier molecular flexibility index (Phi) is 4.37. The lowest BCUT2D eigenvalue weighted by atomic mass is 10.0. The highest BCUT2D eigenvalue weighted by Crippen LogP contribution is 2.31. The van der Waals surface area contributed by atoms with Crippen LogP contribution in [-0.2, 0) is 6.54 Å². The molecule has 2 aromatic rings. The van der Waals surface area contributed by atoms with Gasteiger partial charge in [0.05, 0.1) is 6.10 Å². The molecule has 3 nitrogen and oxygen atoms in total. The van der Waals surface area contributed by atoms with Crippen LogP contribution in [0.4, 0.5) is 0 Å². The number of likely N-dealkylation sites (tertiary alicyclic amines) is 1. The molecule has 0 aliphatic carbocycles. The smallest absolute Gasteiger partial charge is 0.124 e. The van der Waals surface area contributed by atoms with Crippen LogP contribution in [0.1, 0.15) is 26.3 Å². The number of hydrogen-bond acceptors (Lipinski definition) is 3. The Balaban J connectivity index is 1.97. The zero-order chi connectivity index (χ0) is 15.7. The Morgan fingerprint density at radius 1 is 1.18 bits per heavy atom. The first-order valence-electron chi connectivity index (χ1n) is 8.20. The van der Waals surface area contributed by atoms with E-state index in [2.05, 4.69) is 62.1 Å². The van der Waals surface area contributed by atoms with Crippen LogP contribution < -0.4 is 10.5 Å². The fraction of sp³-hybridized carbons (Fsp3) is 0.474. The average molecular weight is 298 g/mol. The molecular weight excluding hydrogens is 272 g/mol. The van der Waals surface area contributed by atoms with Crippen molar-refractivity contribution in [3.8, 4) is 5.75 Å². The van der Waals surface area contributed by atoms with Crippen LogP contribution in [0.25, 0.3) is 10.8 Å². The molecule has 0 spiro atoms. The normalized spacial score (nSPS) is 22.6. The third-order valence-electron chi connectivity index (χ3n) is 4.49. The van der Waals surface area contributed by atoms with E-state index in [1.54, 1.807) is 0 Å². The molecule has 3 heteroatoms. The van der Waals surface area contributed by atoms with E-state index in [1.165, 1.54) is 16.3 Å². The van der Waals surface area contributed by atoms with Crippen molar-refractivity contribution >= 4 is 10.8 Å². The third-order valence-corrected chi connectivity index (χ3v) is 4.49. The van der Waals surface area contributed by atoms with Gasteiger partial charge in [-0.25, -0.2) is 0 Å². The lowest BCUT2D eigenvalue weighted by Gasteiger charge is -2.21. The quantitative estimate of drug-likeness (QED) is 0.940. The molecule has 1 saturated heterocycles. The number of hydrogen-bond donors (Lipinski definition) is 1. The van der Waals surface area contributed by atoms with Gasteiger partial charge >= 0.3 is 0 Å². The van der Waals surface area contributed by atoms with Gasteiger partial charge in [0, 0.05) is 31.2 Å². The van der Waals surface area contributed by atoms with Gasteiger partial charge in [-0.05, 0) is 36.6 Å². The molecule has 1 fully saturated rings. The topological polar surface area (TPSA) is 38.5 Å². The van der Waals surface area contributed by atoms with Crippen molar-refractivity contribution in [2.45, 2.75) is 39.5 Å². The molecule has 118 valence electrons. The fourth-order valence-corrected chi connectivity index (χ4v) is 3.29. The summed E-state index contributed by atoms with van der Waals surface area (Å²) in [5.41, 5.74) is 7.47. The zero-order valence-corrected chi connectivity index (χ0v) is 13.8. The summed E-state index contributed by atoms with van der Waals surface area (Å²) in [6.07, 6.45) is 0.180. The molecule has 3 rings (SSSR count). The lowest BCUT2D eigenvalue weighted by molar-refractivity contribution is 0.234. The van der Waals surface area contributed by atoms with Crippen molar-refractivity contribution in [3.05, 3.63) is 42.0 Å². The number of rotatable bonds is 4. The molecule has 0 saturated carbocycles. The van der Waals surface area contributed by atoms with Crippen LogP contribution in [0.2, 0.25) is 0 Å². The highest BCUT2D eigenvalue weighted by Gasteiger charge is 2.27. The Hall–Kier alpha value is -1.58. The number of nitrogens with two attached hydrogens (primary N) is 1. The first kappa shape index (κ1) is 15.3. The molecule has 1 aliphatic heterocycles. The van der Waals surface area contributed by atoms with E-state index < -0.39 is 0 Å². The van der Waals surface area contributed by atoms with Gasteiger partial charge in [0.2, 0.25) is 0 Å². The second-order valence-corrected chi connectivity index (χ2v) is 6.77. The van der Waals surface area contributed by atoms with Gasteiger partial charge in [-0.1, -0.05) is 37.3 Å². The van der Waals surface area contributed by atoms with Gasteiger partial charge in [-0.3, -0.25) is 4.90 Å². The van der Waals surface area contributed by atoms with Crippen molar-refractivity contribution in [2.24, 2.45) is 11.7 Å². The van der Waals surface area contributed by atoms with Gasteiger partial charge in [0.25, 0.3) is 0 Å². The molecule has 1 aliphatic rings. The molecule has 0 amide bonds. The minimum absolute atomic E-state index is 0.180. The van der Waals surface area contributed by atoms with E-state index in [0.29, 0.717) is 5.92 Å². The Bertz CT molecular complexity index is 643. The maximum atomic E-state index is 6.18. The van der Waals surface area contributed by atoms with Gasteiger partial charge < -0.3 is 10.5 Å². The number of ether oxygens (including phenoxy) is 1. The monoisotopic (exact) mass is 298 g/mol. The SMILES string of the molecule is CC(C)Oc1ccc2ccccc2c1CN1CC(C)C(N)C1. The molecule has 0 aromatic heterocycles. The van der Waals surface area contributed by atoms with Crippen LogP contribution in [0.3, 0.4) is 0 Å². The average Bonchev–Trinajstić information content (AvgIpc) is 2.79. The summed E-state index contributed by atoms with van der Waals surface area (Å²) >= 11 is 0. The van der Waals surface area contributed by atoms with Crippen molar-refractivity contribution < 1.29 is 4.74 Å². The lowest BCUT2D eigenvalue weighted by Crippen LogP contribution is -2.28.